The number of fused-ring (bicyclic) bond motifs is 1. The van der Waals surface area contributed by atoms with E-state index < -0.39 is 0 Å². The normalized spacial score (nSPS) is 24.2. The number of allylic oxidation sites excluding steroid dienone is 2. The minimum absolute atomic E-state index is 0.0578. The third kappa shape index (κ3) is 2.20. The van der Waals surface area contributed by atoms with Gasteiger partial charge in [0.2, 0.25) is 0 Å². The van der Waals surface area contributed by atoms with Gasteiger partial charge in [-0.15, -0.1) is 0 Å². The molecule has 0 radical (unpaired) electrons. The van der Waals surface area contributed by atoms with Crippen molar-refractivity contribution in [3.63, 3.8) is 0 Å². The molecule has 0 aromatic heterocycles. The second kappa shape index (κ2) is 5.28. The highest BCUT2D eigenvalue weighted by Crippen LogP contribution is 2.37. The molecule has 2 atom stereocenters. The molecule has 1 N–H and O–H groups in total. The van der Waals surface area contributed by atoms with E-state index in [1.54, 1.807) is 7.11 Å². The molecular weight excluding hydrogens is 264 g/mol. The molecule has 110 valence electrons. The minimum atomic E-state index is 0.0578. The van der Waals surface area contributed by atoms with Crippen molar-refractivity contribution in [2.75, 3.05) is 20.7 Å². The van der Waals surface area contributed by atoms with Gasteiger partial charge in [0.25, 0.3) is 5.91 Å². The van der Waals surface area contributed by atoms with Crippen LogP contribution in [0.2, 0.25) is 0 Å². The lowest BCUT2D eigenvalue weighted by atomic mass is 9.80. The highest BCUT2D eigenvalue weighted by atomic mass is 16.5. The number of carbonyl (C=O) groups is 1. The summed E-state index contributed by atoms with van der Waals surface area (Å²) in [6.07, 6.45) is 6.03. The molecule has 4 nitrogen and oxygen atoms in total. The molecule has 1 aromatic carbocycles. The van der Waals surface area contributed by atoms with Crippen LogP contribution in [-0.4, -0.2) is 37.6 Å². The molecule has 0 aliphatic carbocycles. The number of nitrogens with one attached hydrogen (secondary N) is 1. The molecule has 0 spiro atoms. The Balaban J connectivity index is 2.05. The first-order chi connectivity index (χ1) is 10.1. The first-order valence-electron chi connectivity index (χ1n) is 7.17. The van der Waals surface area contributed by atoms with Gasteiger partial charge in [0.1, 0.15) is 5.75 Å². The number of methoxy groups -OCH3 is 1. The summed E-state index contributed by atoms with van der Waals surface area (Å²) in [5, 5.41) is 3.22. The third-order valence-corrected chi connectivity index (χ3v) is 4.40. The topological polar surface area (TPSA) is 41.6 Å². The maximum Gasteiger partial charge on any atom is 0.254 e. The lowest BCUT2D eigenvalue weighted by molar-refractivity contribution is 0.0709. The van der Waals surface area contributed by atoms with Gasteiger partial charge in [-0.2, -0.15) is 0 Å². The molecule has 2 aliphatic heterocycles. The highest BCUT2D eigenvalue weighted by molar-refractivity contribution is 5.98. The molecule has 1 aromatic rings. The summed E-state index contributed by atoms with van der Waals surface area (Å²) >= 11 is 0. The summed E-state index contributed by atoms with van der Waals surface area (Å²) in [6, 6.07) is 5.88. The van der Waals surface area contributed by atoms with E-state index in [9.17, 15) is 4.79 Å². The number of ether oxygens (including phenoxy) is 1. The Morgan fingerprint density at radius 2 is 2.19 bits per heavy atom. The molecule has 0 saturated carbocycles. The monoisotopic (exact) mass is 284 g/mol. The lowest BCUT2D eigenvalue weighted by Crippen LogP contribution is -2.47. The van der Waals surface area contributed by atoms with Gasteiger partial charge in [0.05, 0.1) is 13.2 Å². The van der Waals surface area contributed by atoms with Crippen LogP contribution in [0.25, 0.3) is 0 Å². The first-order valence-corrected chi connectivity index (χ1v) is 7.17. The molecule has 3 rings (SSSR count). The molecule has 0 fully saturated rings. The highest BCUT2D eigenvalue weighted by Gasteiger charge is 2.37. The molecule has 1 amide bonds. The standard InChI is InChI=1S/C17H20N2O2/c1-11-14-7-6-13(21-3)9-15(14)17(20)19(2)16(11)12-5-4-8-18-10-12/h4-9,11,16,18H,10H2,1-3H3. The van der Waals surface area contributed by atoms with Crippen molar-refractivity contribution in [2.45, 2.75) is 18.9 Å². The summed E-state index contributed by atoms with van der Waals surface area (Å²) in [7, 11) is 3.50. The Labute approximate surface area is 125 Å². The number of carbonyl (C=O) groups excluding carboxylic acids is 1. The quantitative estimate of drug-likeness (QED) is 0.906. The molecule has 2 heterocycles. The average molecular weight is 284 g/mol. The van der Waals surface area contributed by atoms with Crippen LogP contribution in [0.5, 0.6) is 5.75 Å². The van der Waals surface area contributed by atoms with Crippen LogP contribution in [0, 0.1) is 0 Å². The Morgan fingerprint density at radius 1 is 1.38 bits per heavy atom. The van der Waals surface area contributed by atoms with Crippen LogP contribution in [0.4, 0.5) is 0 Å². The smallest absolute Gasteiger partial charge is 0.254 e. The van der Waals surface area contributed by atoms with Crippen molar-refractivity contribution in [1.29, 1.82) is 0 Å². The number of dihydropyridines is 1. The Kier molecular flexibility index (Phi) is 3.45. The number of amides is 1. The van der Waals surface area contributed by atoms with E-state index in [1.165, 1.54) is 5.57 Å². The van der Waals surface area contributed by atoms with Crippen LogP contribution in [0.3, 0.4) is 0 Å². The fourth-order valence-electron chi connectivity index (χ4n) is 3.31. The van der Waals surface area contributed by atoms with E-state index in [1.807, 2.05) is 42.4 Å². The van der Waals surface area contributed by atoms with Gasteiger partial charge in [0.15, 0.2) is 0 Å². The van der Waals surface area contributed by atoms with Gasteiger partial charge in [-0.05, 0) is 35.5 Å². The molecule has 2 unspecified atom stereocenters. The predicted octanol–water partition coefficient (Wildman–Crippen LogP) is 2.30. The summed E-state index contributed by atoms with van der Waals surface area (Å²) < 4.78 is 5.24. The van der Waals surface area contributed by atoms with Gasteiger partial charge < -0.3 is 15.0 Å². The van der Waals surface area contributed by atoms with Crippen molar-refractivity contribution >= 4 is 5.91 Å². The number of likely N-dealkylation sites (N-methyl/N-ethyl adjacent to an activating group) is 1. The summed E-state index contributed by atoms with van der Waals surface area (Å²) in [6.45, 7) is 2.96. The van der Waals surface area contributed by atoms with E-state index in [-0.39, 0.29) is 17.9 Å². The first kappa shape index (κ1) is 13.7. The van der Waals surface area contributed by atoms with Crippen LogP contribution < -0.4 is 10.1 Å². The zero-order chi connectivity index (χ0) is 15.0. The Hall–Kier alpha value is -2.23. The van der Waals surface area contributed by atoms with Gasteiger partial charge in [-0.1, -0.05) is 19.1 Å². The number of benzene rings is 1. The van der Waals surface area contributed by atoms with Crippen LogP contribution in [0.15, 0.2) is 42.1 Å². The van der Waals surface area contributed by atoms with Crippen LogP contribution >= 0.6 is 0 Å². The van der Waals surface area contributed by atoms with Crippen molar-refractivity contribution in [3.8, 4) is 5.75 Å². The van der Waals surface area contributed by atoms with Gasteiger partial charge >= 0.3 is 0 Å². The van der Waals surface area contributed by atoms with Crippen molar-refractivity contribution in [1.82, 2.24) is 10.2 Å². The number of hydrogen-bond acceptors (Lipinski definition) is 3. The van der Waals surface area contributed by atoms with Gasteiger partial charge in [-0.3, -0.25) is 4.79 Å². The largest absolute Gasteiger partial charge is 0.497 e. The van der Waals surface area contributed by atoms with Crippen molar-refractivity contribution < 1.29 is 9.53 Å². The van der Waals surface area contributed by atoms with Crippen molar-refractivity contribution in [3.05, 3.63) is 53.3 Å². The molecule has 21 heavy (non-hydrogen) atoms. The second-order valence-electron chi connectivity index (χ2n) is 5.58. The van der Waals surface area contributed by atoms with Crippen molar-refractivity contribution in [2.24, 2.45) is 0 Å². The lowest BCUT2D eigenvalue weighted by Gasteiger charge is -2.40. The predicted molar refractivity (Wildman–Crippen MR) is 82.5 cm³/mol. The average Bonchev–Trinajstić information content (AvgIpc) is 2.53. The second-order valence-corrected chi connectivity index (χ2v) is 5.58. The minimum Gasteiger partial charge on any atom is -0.497 e. The molecule has 0 bridgehead atoms. The van der Waals surface area contributed by atoms with E-state index in [0.29, 0.717) is 0 Å². The Bertz CT molecular complexity index is 634. The fraction of sp³-hybridized carbons (Fsp3) is 0.353. The SMILES string of the molecule is COc1ccc2c(c1)C(=O)N(C)C(C1=CC=CNC1)C2C. The number of rotatable bonds is 2. The van der Waals surface area contributed by atoms with E-state index in [0.717, 1.165) is 23.4 Å². The molecule has 0 saturated heterocycles. The Morgan fingerprint density at radius 3 is 2.86 bits per heavy atom. The summed E-state index contributed by atoms with van der Waals surface area (Å²) in [5.41, 5.74) is 3.09. The van der Waals surface area contributed by atoms with E-state index in [4.69, 9.17) is 4.74 Å². The third-order valence-electron chi connectivity index (χ3n) is 4.40. The number of hydrogen-bond donors (Lipinski definition) is 1. The maximum absolute atomic E-state index is 12.7. The zero-order valence-electron chi connectivity index (χ0n) is 12.6. The summed E-state index contributed by atoms with van der Waals surface area (Å²) in [4.78, 5) is 14.5. The molecule has 4 heteroatoms. The van der Waals surface area contributed by atoms with Crippen LogP contribution in [-0.2, 0) is 0 Å². The molecule has 2 aliphatic rings. The zero-order valence-corrected chi connectivity index (χ0v) is 12.6. The van der Waals surface area contributed by atoms with Crippen LogP contribution in [0.1, 0.15) is 28.8 Å². The number of nitrogens with zero attached hydrogens (tertiary/aromatic N) is 1. The van der Waals surface area contributed by atoms with E-state index >= 15 is 0 Å². The summed E-state index contributed by atoms with van der Waals surface area (Å²) in [5.74, 6) is 1.04. The van der Waals surface area contributed by atoms with Gasteiger partial charge in [-0.25, -0.2) is 0 Å². The maximum atomic E-state index is 12.7. The van der Waals surface area contributed by atoms with E-state index in [2.05, 4.69) is 18.3 Å². The van der Waals surface area contributed by atoms with Gasteiger partial charge in [0, 0.05) is 25.1 Å². The molecular formula is C17H20N2O2. The fourth-order valence-corrected chi connectivity index (χ4v) is 3.31.